The molecule has 82 valence electrons. The molecule has 0 aliphatic carbocycles. The molecule has 14 heavy (non-hydrogen) atoms. The van der Waals surface area contributed by atoms with E-state index in [-0.39, 0.29) is 5.41 Å². The summed E-state index contributed by atoms with van der Waals surface area (Å²) in [4.78, 5) is 13.1. The van der Waals surface area contributed by atoms with E-state index < -0.39 is 5.97 Å². The third-order valence-corrected chi connectivity index (χ3v) is 3.04. The summed E-state index contributed by atoms with van der Waals surface area (Å²) in [7, 11) is 0. The lowest BCUT2D eigenvalue weighted by atomic mass is 9.86. The number of aliphatic carboxylic acids is 1. The first-order valence-electron chi connectivity index (χ1n) is 5.50. The van der Waals surface area contributed by atoms with Gasteiger partial charge in [0.25, 0.3) is 0 Å². The van der Waals surface area contributed by atoms with Gasteiger partial charge < -0.3 is 10.0 Å². The summed E-state index contributed by atoms with van der Waals surface area (Å²) in [5.41, 5.74) is 0.0135. The standard InChI is InChI=1S/C11H21NO2/c1-3-4-6-12-7-5-11(2,9-12)8-10(13)14/h3-9H2,1-2H3,(H,13,14). The predicted molar refractivity (Wildman–Crippen MR) is 56.3 cm³/mol. The molecule has 1 rings (SSSR count). The van der Waals surface area contributed by atoms with Gasteiger partial charge in [-0.25, -0.2) is 0 Å². The maximum atomic E-state index is 10.7. The molecule has 1 fully saturated rings. The normalized spacial score (nSPS) is 28.1. The van der Waals surface area contributed by atoms with Crippen LogP contribution in [-0.2, 0) is 4.79 Å². The zero-order chi connectivity index (χ0) is 10.6. The van der Waals surface area contributed by atoms with Crippen molar-refractivity contribution in [3.63, 3.8) is 0 Å². The number of carbonyl (C=O) groups is 1. The average molecular weight is 199 g/mol. The van der Waals surface area contributed by atoms with Crippen molar-refractivity contribution in [2.24, 2.45) is 5.41 Å². The van der Waals surface area contributed by atoms with Crippen LogP contribution in [0.3, 0.4) is 0 Å². The van der Waals surface area contributed by atoms with Crippen LogP contribution in [0.4, 0.5) is 0 Å². The molecule has 1 atom stereocenters. The van der Waals surface area contributed by atoms with E-state index in [1.54, 1.807) is 0 Å². The van der Waals surface area contributed by atoms with Gasteiger partial charge in [-0.15, -0.1) is 0 Å². The number of likely N-dealkylation sites (tertiary alicyclic amines) is 1. The van der Waals surface area contributed by atoms with E-state index in [2.05, 4.69) is 18.7 Å². The number of nitrogens with zero attached hydrogens (tertiary/aromatic N) is 1. The van der Waals surface area contributed by atoms with Gasteiger partial charge in [0.05, 0.1) is 6.42 Å². The second-order valence-corrected chi connectivity index (χ2v) is 4.76. The molecule has 0 aromatic carbocycles. The SMILES string of the molecule is CCCCN1CCC(C)(CC(=O)O)C1. The van der Waals surface area contributed by atoms with Crippen LogP contribution in [0.25, 0.3) is 0 Å². The molecule has 1 N–H and O–H groups in total. The lowest BCUT2D eigenvalue weighted by Gasteiger charge is -2.22. The minimum atomic E-state index is -0.662. The topological polar surface area (TPSA) is 40.5 Å². The number of hydrogen-bond donors (Lipinski definition) is 1. The Balaban J connectivity index is 2.34. The van der Waals surface area contributed by atoms with Gasteiger partial charge in [0, 0.05) is 6.54 Å². The van der Waals surface area contributed by atoms with Crippen molar-refractivity contribution in [3.05, 3.63) is 0 Å². The first-order valence-corrected chi connectivity index (χ1v) is 5.50. The molecule has 1 unspecified atom stereocenters. The highest BCUT2D eigenvalue weighted by Crippen LogP contribution is 2.33. The Hall–Kier alpha value is -0.570. The molecule has 0 bridgehead atoms. The van der Waals surface area contributed by atoms with Gasteiger partial charge in [0.2, 0.25) is 0 Å². The molecule has 0 aromatic rings. The molecule has 0 aromatic heterocycles. The molecule has 1 saturated heterocycles. The number of carboxylic acid groups (broad SMARTS) is 1. The zero-order valence-electron chi connectivity index (χ0n) is 9.25. The first kappa shape index (κ1) is 11.5. The second kappa shape index (κ2) is 4.78. The van der Waals surface area contributed by atoms with E-state index in [1.807, 2.05) is 0 Å². The van der Waals surface area contributed by atoms with Crippen LogP contribution in [0.2, 0.25) is 0 Å². The molecule has 1 aliphatic rings. The summed E-state index contributed by atoms with van der Waals surface area (Å²) in [6, 6.07) is 0. The highest BCUT2D eigenvalue weighted by Gasteiger charge is 2.35. The van der Waals surface area contributed by atoms with Crippen LogP contribution >= 0.6 is 0 Å². The lowest BCUT2D eigenvalue weighted by molar-refractivity contribution is -0.139. The van der Waals surface area contributed by atoms with Gasteiger partial charge in [-0.2, -0.15) is 0 Å². The Bertz CT molecular complexity index is 205. The van der Waals surface area contributed by atoms with Crippen molar-refractivity contribution < 1.29 is 9.90 Å². The fraction of sp³-hybridized carbons (Fsp3) is 0.909. The monoisotopic (exact) mass is 199 g/mol. The summed E-state index contributed by atoms with van der Waals surface area (Å²) in [6.45, 7) is 7.44. The van der Waals surface area contributed by atoms with E-state index in [9.17, 15) is 4.79 Å². The zero-order valence-corrected chi connectivity index (χ0v) is 9.25. The minimum absolute atomic E-state index is 0.0135. The quantitative estimate of drug-likeness (QED) is 0.736. The van der Waals surface area contributed by atoms with Gasteiger partial charge in [-0.05, 0) is 31.3 Å². The highest BCUT2D eigenvalue weighted by atomic mass is 16.4. The number of rotatable bonds is 5. The number of carboxylic acids is 1. The Morgan fingerprint density at radius 1 is 1.57 bits per heavy atom. The fourth-order valence-electron chi connectivity index (χ4n) is 2.21. The van der Waals surface area contributed by atoms with Crippen LogP contribution in [0.1, 0.15) is 39.5 Å². The van der Waals surface area contributed by atoms with E-state index in [0.717, 1.165) is 26.1 Å². The third kappa shape index (κ3) is 3.29. The van der Waals surface area contributed by atoms with Crippen molar-refractivity contribution >= 4 is 5.97 Å². The van der Waals surface area contributed by atoms with Crippen molar-refractivity contribution in [1.29, 1.82) is 0 Å². The highest BCUT2D eigenvalue weighted by molar-refractivity contribution is 5.67. The largest absolute Gasteiger partial charge is 0.481 e. The van der Waals surface area contributed by atoms with Gasteiger partial charge in [0.1, 0.15) is 0 Å². The summed E-state index contributed by atoms with van der Waals surface area (Å²) in [6.07, 6.45) is 3.79. The average Bonchev–Trinajstić information content (AvgIpc) is 2.42. The maximum Gasteiger partial charge on any atom is 0.303 e. The Labute approximate surface area is 86.1 Å². The van der Waals surface area contributed by atoms with Gasteiger partial charge >= 0.3 is 5.97 Å². The molecule has 0 amide bonds. The lowest BCUT2D eigenvalue weighted by Crippen LogP contribution is -2.27. The van der Waals surface area contributed by atoms with E-state index in [0.29, 0.717) is 6.42 Å². The van der Waals surface area contributed by atoms with E-state index in [4.69, 9.17) is 5.11 Å². The molecule has 3 nitrogen and oxygen atoms in total. The number of hydrogen-bond acceptors (Lipinski definition) is 2. The van der Waals surface area contributed by atoms with Crippen LogP contribution in [0.5, 0.6) is 0 Å². The Kier molecular flexibility index (Phi) is 3.93. The van der Waals surface area contributed by atoms with Crippen molar-refractivity contribution in [2.75, 3.05) is 19.6 Å². The Morgan fingerprint density at radius 3 is 2.86 bits per heavy atom. The van der Waals surface area contributed by atoms with Crippen LogP contribution in [-0.4, -0.2) is 35.6 Å². The first-order chi connectivity index (χ1) is 6.56. The predicted octanol–water partition coefficient (Wildman–Crippen LogP) is 1.97. The summed E-state index contributed by atoms with van der Waals surface area (Å²) >= 11 is 0. The maximum absolute atomic E-state index is 10.7. The van der Waals surface area contributed by atoms with Crippen molar-refractivity contribution in [2.45, 2.75) is 39.5 Å². The fourth-order valence-corrected chi connectivity index (χ4v) is 2.21. The van der Waals surface area contributed by atoms with Crippen LogP contribution < -0.4 is 0 Å². The van der Waals surface area contributed by atoms with Crippen molar-refractivity contribution in [3.8, 4) is 0 Å². The summed E-state index contributed by atoms with van der Waals surface area (Å²) < 4.78 is 0. The molecule has 0 radical (unpaired) electrons. The number of unbranched alkanes of at least 4 members (excludes halogenated alkanes) is 1. The van der Waals surface area contributed by atoms with Crippen LogP contribution in [0.15, 0.2) is 0 Å². The molecule has 1 heterocycles. The Morgan fingerprint density at radius 2 is 2.29 bits per heavy atom. The molecule has 3 heteroatoms. The summed E-state index contributed by atoms with van der Waals surface area (Å²) in [5, 5.41) is 8.78. The molecular weight excluding hydrogens is 178 g/mol. The minimum Gasteiger partial charge on any atom is -0.481 e. The smallest absolute Gasteiger partial charge is 0.303 e. The molecule has 0 spiro atoms. The molecular formula is C11H21NO2. The van der Waals surface area contributed by atoms with Gasteiger partial charge in [0.15, 0.2) is 0 Å². The molecule has 0 saturated carbocycles. The third-order valence-electron chi connectivity index (χ3n) is 3.04. The van der Waals surface area contributed by atoms with E-state index >= 15 is 0 Å². The summed E-state index contributed by atoms with van der Waals surface area (Å²) in [5.74, 6) is -0.662. The van der Waals surface area contributed by atoms with E-state index in [1.165, 1.54) is 12.8 Å². The van der Waals surface area contributed by atoms with Crippen molar-refractivity contribution in [1.82, 2.24) is 4.90 Å². The van der Waals surface area contributed by atoms with Crippen LogP contribution in [0, 0.1) is 5.41 Å². The molecule has 1 aliphatic heterocycles. The van der Waals surface area contributed by atoms with Gasteiger partial charge in [-0.3, -0.25) is 4.79 Å². The van der Waals surface area contributed by atoms with Gasteiger partial charge in [-0.1, -0.05) is 20.3 Å². The second-order valence-electron chi connectivity index (χ2n) is 4.76.